The Morgan fingerprint density at radius 2 is 2.00 bits per heavy atom. The van der Waals surface area contributed by atoms with Crippen LogP contribution >= 0.6 is 11.5 Å². The molecule has 0 aromatic carbocycles. The van der Waals surface area contributed by atoms with Crippen LogP contribution in [0.3, 0.4) is 0 Å². The summed E-state index contributed by atoms with van der Waals surface area (Å²) in [6, 6.07) is 0.644. The number of rotatable bonds is 3. The predicted molar refractivity (Wildman–Crippen MR) is 75.1 cm³/mol. The molecule has 0 unspecified atom stereocenters. The van der Waals surface area contributed by atoms with Crippen LogP contribution in [0.2, 0.25) is 0 Å². The lowest BCUT2D eigenvalue weighted by Crippen LogP contribution is -2.30. The predicted octanol–water partition coefficient (Wildman–Crippen LogP) is 2.55. The van der Waals surface area contributed by atoms with Crippen molar-refractivity contribution < 1.29 is 0 Å². The third-order valence-corrected chi connectivity index (χ3v) is 4.75. The molecule has 1 fully saturated rings. The number of hydrogen-bond acceptors (Lipinski definition) is 3. The average molecular weight is 269 g/mol. The molecule has 2 rings (SSSR count). The number of hydrogen-bond donors (Lipinski definition) is 0. The molecule has 0 atom stereocenters. The first kappa shape index (κ1) is 13.6. The maximum Gasteiger partial charge on any atom is 0.340 e. The van der Waals surface area contributed by atoms with E-state index in [1.807, 2.05) is 24.7 Å². The van der Waals surface area contributed by atoms with Gasteiger partial charge in [0.15, 0.2) is 0 Å². The summed E-state index contributed by atoms with van der Waals surface area (Å²) in [7, 11) is 0. The second-order valence-electron chi connectivity index (χ2n) is 5.24. The minimum Gasteiger partial charge on any atom is -0.268 e. The minimum absolute atomic E-state index is 0.0899. The molecule has 1 aromatic rings. The molecule has 0 radical (unpaired) electrons. The highest BCUT2D eigenvalue weighted by molar-refractivity contribution is 7.03. The molecule has 0 spiro atoms. The van der Waals surface area contributed by atoms with Gasteiger partial charge >= 0.3 is 5.69 Å². The highest BCUT2D eigenvalue weighted by atomic mass is 32.1. The molecular formula is C13H23N3OS. The van der Waals surface area contributed by atoms with Crippen LogP contribution in [-0.2, 0) is 6.54 Å². The molecule has 102 valence electrons. The third-order valence-electron chi connectivity index (χ3n) is 3.48. The molecule has 0 N–H and O–H groups in total. The highest BCUT2D eigenvalue weighted by Gasteiger charge is 2.14. The largest absolute Gasteiger partial charge is 0.340 e. The highest BCUT2D eigenvalue weighted by Crippen LogP contribution is 2.19. The van der Waals surface area contributed by atoms with E-state index < -0.39 is 0 Å². The van der Waals surface area contributed by atoms with Crippen molar-refractivity contribution >= 4 is 11.5 Å². The SMILES string of the molecule is CCn1c(=NC2CCCCC2)sn(C(C)C)c1=O. The Morgan fingerprint density at radius 3 is 2.56 bits per heavy atom. The molecule has 1 saturated carbocycles. The van der Waals surface area contributed by atoms with Crippen LogP contribution in [0.4, 0.5) is 0 Å². The van der Waals surface area contributed by atoms with Crippen LogP contribution in [-0.4, -0.2) is 14.6 Å². The molecular weight excluding hydrogens is 246 g/mol. The van der Waals surface area contributed by atoms with Crippen LogP contribution in [0.1, 0.15) is 58.9 Å². The van der Waals surface area contributed by atoms with Crippen molar-refractivity contribution in [1.29, 1.82) is 0 Å². The van der Waals surface area contributed by atoms with E-state index in [0.717, 1.165) is 4.80 Å². The molecule has 18 heavy (non-hydrogen) atoms. The van der Waals surface area contributed by atoms with Crippen molar-refractivity contribution in [3.05, 3.63) is 15.3 Å². The fraction of sp³-hybridized carbons (Fsp3) is 0.846. The summed E-state index contributed by atoms with van der Waals surface area (Å²) in [5.41, 5.74) is 0.0899. The average Bonchev–Trinajstić information content (AvgIpc) is 2.67. The summed E-state index contributed by atoms with van der Waals surface area (Å²) >= 11 is 1.51. The fourth-order valence-corrected chi connectivity index (χ4v) is 3.50. The molecule has 0 bridgehead atoms. The zero-order chi connectivity index (χ0) is 13.1. The molecule has 0 amide bonds. The Balaban J connectivity index is 2.39. The number of nitrogens with zero attached hydrogens (tertiary/aromatic N) is 3. The van der Waals surface area contributed by atoms with Crippen LogP contribution < -0.4 is 10.5 Å². The quantitative estimate of drug-likeness (QED) is 0.831. The summed E-state index contributed by atoms with van der Waals surface area (Å²) < 4.78 is 3.63. The van der Waals surface area contributed by atoms with E-state index in [-0.39, 0.29) is 11.7 Å². The third kappa shape index (κ3) is 2.76. The van der Waals surface area contributed by atoms with Gasteiger partial charge in [-0.3, -0.25) is 9.56 Å². The molecule has 5 heteroatoms. The molecule has 0 saturated heterocycles. The van der Waals surface area contributed by atoms with Gasteiger partial charge in [0.25, 0.3) is 0 Å². The van der Waals surface area contributed by atoms with E-state index >= 15 is 0 Å². The van der Waals surface area contributed by atoms with Crippen molar-refractivity contribution in [2.24, 2.45) is 4.99 Å². The van der Waals surface area contributed by atoms with Crippen molar-refractivity contribution in [1.82, 2.24) is 8.52 Å². The van der Waals surface area contributed by atoms with Crippen LogP contribution in [0.15, 0.2) is 9.79 Å². The first-order chi connectivity index (χ1) is 8.63. The Labute approximate surface area is 112 Å². The summed E-state index contributed by atoms with van der Waals surface area (Å²) in [5.74, 6) is 0. The van der Waals surface area contributed by atoms with E-state index in [9.17, 15) is 4.79 Å². The molecule has 1 aliphatic rings. The molecule has 1 aromatic heterocycles. The lowest BCUT2D eigenvalue weighted by molar-refractivity contribution is 0.433. The van der Waals surface area contributed by atoms with Crippen molar-refractivity contribution in [3.8, 4) is 0 Å². The monoisotopic (exact) mass is 269 g/mol. The minimum atomic E-state index is 0.0899. The van der Waals surface area contributed by atoms with Crippen LogP contribution in [0.25, 0.3) is 0 Å². The van der Waals surface area contributed by atoms with Gasteiger partial charge in [0.2, 0.25) is 4.80 Å². The topological polar surface area (TPSA) is 39.3 Å². The van der Waals surface area contributed by atoms with E-state index in [1.54, 1.807) is 4.57 Å². The second-order valence-corrected chi connectivity index (χ2v) is 6.18. The Hall–Kier alpha value is -0.840. The standard InChI is InChI=1S/C13H23N3OS/c1-4-15-12(14-11-8-6-5-7-9-11)18-16(10(2)3)13(15)17/h10-11H,4-9H2,1-3H3. The molecule has 4 nitrogen and oxygen atoms in total. The van der Waals surface area contributed by atoms with Crippen LogP contribution in [0, 0.1) is 0 Å². The Kier molecular flexibility index (Phi) is 4.43. The van der Waals surface area contributed by atoms with E-state index in [0.29, 0.717) is 12.6 Å². The van der Waals surface area contributed by atoms with E-state index in [4.69, 9.17) is 4.99 Å². The second kappa shape index (κ2) is 5.87. The normalized spacial score (nSPS) is 18.8. The smallest absolute Gasteiger partial charge is 0.268 e. The summed E-state index contributed by atoms with van der Waals surface area (Å²) in [6.45, 7) is 6.81. The van der Waals surface area contributed by atoms with Gasteiger partial charge in [0.05, 0.1) is 6.04 Å². The van der Waals surface area contributed by atoms with Gasteiger partial charge in [0.1, 0.15) is 0 Å². The van der Waals surface area contributed by atoms with Crippen molar-refractivity contribution in [2.75, 3.05) is 0 Å². The van der Waals surface area contributed by atoms with Gasteiger partial charge in [-0.05, 0) is 45.1 Å². The first-order valence-electron chi connectivity index (χ1n) is 7.00. The van der Waals surface area contributed by atoms with Gasteiger partial charge in [-0.1, -0.05) is 19.3 Å². The number of aromatic nitrogens is 2. The maximum absolute atomic E-state index is 12.2. The van der Waals surface area contributed by atoms with Gasteiger partial charge in [-0.2, -0.15) is 0 Å². The summed E-state index contributed by atoms with van der Waals surface area (Å²) in [6.07, 6.45) is 6.25. The lowest BCUT2D eigenvalue weighted by Gasteiger charge is -2.16. The maximum atomic E-state index is 12.2. The van der Waals surface area contributed by atoms with Crippen LogP contribution in [0.5, 0.6) is 0 Å². The summed E-state index contributed by atoms with van der Waals surface area (Å²) in [4.78, 5) is 17.9. The molecule has 1 aliphatic carbocycles. The van der Waals surface area contributed by atoms with Crippen molar-refractivity contribution in [2.45, 2.75) is 71.5 Å². The molecule has 0 aliphatic heterocycles. The molecule has 1 heterocycles. The van der Waals surface area contributed by atoms with Gasteiger partial charge in [-0.25, -0.2) is 8.75 Å². The van der Waals surface area contributed by atoms with Gasteiger partial charge < -0.3 is 0 Å². The van der Waals surface area contributed by atoms with E-state index in [1.165, 1.54) is 43.6 Å². The Morgan fingerprint density at radius 1 is 1.33 bits per heavy atom. The summed E-state index contributed by atoms with van der Waals surface area (Å²) in [5, 5.41) is 0. The first-order valence-corrected chi connectivity index (χ1v) is 7.77. The van der Waals surface area contributed by atoms with Gasteiger partial charge in [-0.15, -0.1) is 0 Å². The van der Waals surface area contributed by atoms with Gasteiger partial charge in [0, 0.05) is 12.6 Å². The zero-order valence-corrected chi connectivity index (χ0v) is 12.4. The lowest BCUT2D eigenvalue weighted by atomic mass is 9.96. The van der Waals surface area contributed by atoms with E-state index in [2.05, 4.69) is 0 Å². The fourth-order valence-electron chi connectivity index (χ4n) is 2.43. The zero-order valence-electron chi connectivity index (χ0n) is 11.6. The van der Waals surface area contributed by atoms with Crippen molar-refractivity contribution in [3.63, 3.8) is 0 Å². The Bertz CT molecular complexity index is 503.